The average Bonchev–Trinajstić information content (AvgIpc) is 2.45. The lowest BCUT2D eigenvalue weighted by atomic mass is 10.1. The molecule has 3 N–H and O–H groups in total. The fourth-order valence-electron chi connectivity index (χ4n) is 1.48. The predicted octanol–water partition coefficient (Wildman–Crippen LogP) is 1.01. The molecule has 8 heteroatoms. The summed E-state index contributed by atoms with van der Waals surface area (Å²) in [4.78, 5) is 33.6. The molecule has 3 amide bonds. The third-order valence-electron chi connectivity index (χ3n) is 2.49. The van der Waals surface area contributed by atoms with E-state index in [0.29, 0.717) is 5.01 Å². The van der Waals surface area contributed by atoms with E-state index in [4.69, 9.17) is 17.3 Å². The first-order valence-corrected chi connectivity index (χ1v) is 6.43. The van der Waals surface area contributed by atoms with Gasteiger partial charge in [-0.25, -0.2) is 4.79 Å². The Balaban J connectivity index is 2.53. The number of hydrogen-bond acceptors (Lipinski definition) is 5. The Morgan fingerprint density at radius 2 is 2.00 bits per heavy atom. The minimum Gasteiger partial charge on any atom is -0.320 e. The standard InChI is InChI=1S/C12H15ClN4O3/c13-6-7-17(16-20)12(19)15-11(18)10(14)8-9-4-2-1-3-5-9/h1-5,10H,6-8,14H2,(H,15,18,19)/t10-/m0/s1. The molecular formula is C12H15ClN4O3. The van der Waals surface area contributed by atoms with E-state index in [1.165, 1.54) is 0 Å². The number of rotatable bonds is 6. The van der Waals surface area contributed by atoms with Gasteiger partial charge in [0.2, 0.25) is 5.91 Å². The Morgan fingerprint density at radius 1 is 1.35 bits per heavy atom. The molecule has 0 unspecified atom stereocenters. The molecule has 0 saturated carbocycles. The number of nitrogens with one attached hydrogen (secondary N) is 1. The summed E-state index contributed by atoms with van der Waals surface area (Å²) in [5.41, 5.74) is 6.56. The normalized spacial score (nSPS) is 11.5. The largest absolute Gasteiger partial charge is 0.347 e. The fraction of sp³-hybridized carbons (Fsp3) is 0.333. The maximum absolute atomic E-state index is 11.7. The highest BCUT2D eigenvalue weighted by molar-refractivity contribution is 6.18. The molecule has 1 aromatic rings. The fourth-order valence-corrected chi connectivity index (χ4v) is 1.64. The van der Waals surface area contributed by atoms with E-state index in [9.17, 15) is 14.5 Å². The van der Waals surface area contributed by atoms with E-state index in [0.717, 1.165) is 5.56 Å². The van der Waals surface area contributed by atoms with Crippen molar-refractivity contribution in [1.82, 2.24) is 10.3 Å². The van der Waals surface area contributed by atoms with Gasteiger partial charge in [0.15, 0.2) is 0 Å². The van der Waals surface area contributed by atoms with Crippen LogP contribution in [0.3, 0.4) is 0 Å². The molecule has 0 spiro atoms. The van der Waals surface area contributed by atoms with Crippen molar-refractivity contribution >= 4 is 23.5 Å². The number of urea groups is 1. The molecule has 0 aliphatic carbocycles. The topological polar surface area (TPSA) is 105 Å². The lowest BCUT2D eigenvalue weighted by Crippen LogP contribution is -2.48. The number of imide groups is 1. The van der Waals surface area contributed by atoms with Crippen molar-refractivity contribution in [2.75, 3.05) is 12.4 Å². The second-order valence-electron chi connectivity index (χ2n) is 3.98. The van der Waals surface area contributed by atoms with Crippen LogP contribution in [0, 0.1) is 4.91 Å². The Hall–Kier alpha value is -1.99. The Labute approximate surface area is 121 Å². The summed E-state index contributed by atoms with van der Waals surface area (Å²) in [5.74, 6) is -0.647. The van der Waals surface area contributed by atoms with Crippen LogP contribution in [0.25, 0.3) is 0 Å². The molecule has 1 aromatic carbocycles. The summed E-state index contributed by atoms with van der Waals surface area (Å²) in [6.07, 6.45) is 0.282. The van der Waals surface area contributed by atoms with Gasteiger partial charge in [-0.05, 0) is 12.0 Å². The zero-order valence-electron chi connectivity index (χ0n) is 10.7. The molecule has 0 bridgehead atoms. The summed E-state index contributed by atoms with van der Waals surface area (Å²) in [7, 11) is 0. The molecule has 20 heavy (non-hydrogen) atoms. The highest BCUT2D eigenvalue weighted by atomic mass is 35.5. The number of amides is 3. The van der Waals surface area contributed by atoms with Gasteiger partial charge in [0.25, 0.3) is 0 Å². The van der Waals surface area contributed by atoms with Crippen LogP contribution in [0.1, 0.15) is 5.56 Å². The highest BCUT2D eigenvalue weighted by Crippen LogP contribution is 2.02. The van der Waals surface area contributed by atoms with Gasteiger partial charge in [-0.3, -0.25) is 10.1 Å². The smallest absolute Gasteiger partial charge is 0.320 e. The summed E-state index contributed by atoms with van der Waals surface area (Å²) in [5, 5.41) is 5.00. The number of halogens is 1. The van der Waals surface area contributed by atoms with E-state index in [1.807, 2.05) is 35.6 Å². The first-order chi connectivity index (χ1) is 9.58. The van der Waals surface area contributed by atoms with E-state index < -0.39 is 18.0 Å². The van der Waals surface area contributed by atoms with Gasteiger partial charge in [-0.1, -0.05) is 30.3 Å². The van der Waals surface area contributed by atoms with Crippen molar-refractivity contribution < 1.29 is 9.59 Å². The number of nitrogens with two attached hydrogens (primary N) is 1. The molecule has 0 fully saturated rings. The van der Waals surface area contributed by atoms with E-state index >= 15 is 0 Å². The molecule has 0 saturated heterocycles. The van der Waals surface area contributed by atoms with E-state index in [-0.39, 0.29) is 18.8 Å². The van der Waals surface area contributed by atoms with Crippen molar-refractivity contribution in [3.05, 3.63) is 40.8 Å². The number of alkyl halides is 1. The SMILES string of the molecule is N[C@@H](Cc1ccccc1)C(=O)NC(=O)N(CCCl)N=O. The van der Waals surface area contributed by atoms with Crippen molar-refractivity contribution in [2.24, 2.45) is 11.0 Å². The number of nitrogens with zero attached hydrogens (tertiary/aromatic N) is 2. The zero-order chi connectivity index (χ0) is 15.0. The summed E-state index contributed by atoms with van der Waals surface area (Å²) >= 11 is 5.40. The lowest BCUT2D eigenvalue weighted by Gasteiger charge is -2.15. The summed E-state index contributed by atoms with van der Waals surface area (Å²) in [6, 6.07) is 7.30. The van der Waals surface area contributed by atoms with E-state index in [1.54, 1.807) is 0 Å². The molecule has 0 heterocycles. The number of carbonyl (C=O) groups is 2. The number of carbonyl (C=O) groups excluding carboxylic acids is 2. The minimum absolute atomic E-state index is 0.0312. The Morgan fingerprint density at radius 3 is 2.55 bits per heavy atom. The van der Waals surface area contributed by atoms with Gasteiger partial charge in [0.1, 0.15) is 0 Å². The average molecular weight is 299 g/mol. The van der Waals surface area contributed by atoms with Crippen molar-refractivity contribution in [2.45, 2.75) is 12.5 Å². The lowest BCUT2D eigenvalue weighted by molar-refractivity contribution is -0.121. The third-order valence-corrected chi connectivity index (χ3v) is 2.66. The third kappa shape index (κ3) is 4.94. The first-order valence-electron chi connectivity index (χ1n) is 5.89. The van der Waals surface area contributed by atoms with Gasteiger partial charge in [0, 0.05) is 5.88 Å². The number of benzene rings is 1. The molecular weight excluding hydrogens is 284 g/mol. The Kier molecular flexibility index (Phi) is 6.61. The molecule has 0 radical (unpaired) electrons. The maximum Gasteiger partial charge on any atom is 0.347 e. The van der Waals surface area contributed by atoms with Crippen LogP contribution in [-0.2, 0) is 11.2 Å². The minimum atomic E-state index is -0.936. The van der Waals surface area contributed by atoms with Crippen molar-refractivity contribution in [3.8, 4) is 0 Å². The molecule has 0 aliphatic rings. The monoisotopic (exact) mass is 298 g/mol. The maximum atomic E-state index is 11.7. The van der Waals surface area contributed by atoms with Gasteiger partial charge in [0.05, 0.1) is 17.9 Å². The summed E-state index contributed by atoms with van der Waals surface area (Å²) in [6.45, 7) is -0.0852. The Bertz CT molecular complexity index is 469. The molecule has 0 aliphatic heterocycles. The highest BCUT2D eigenvalue weighted by Gasteiger charge is 2.21. The number of hydrogen-bond donors (Lipinski definition) is 2. The van der Waals surface area contributed by atoms with Crippen LogP contribution in [0.4, 0.5) is 4.79 Å². The zero-order valence-corrected chi connectivity index (χ0v) is 11.4. The van der Waals surface area contributed by atoms with Gasteiger partial charge < -0.3 is 5.73 Å². The number of nitroso groups, excluding NO2 is 1. The molecule has 7 nitrogen and oxygen atoms in total. The van der Waals surface area contributed by atoms with Gasteiger partial charge >= 0.3 is 6.03 Å². The van der Waals surface area contributed by atoms with Crippen molar-refractivity contribution in [1.29, 1.82) is 0 Å². The summed E-state index contributed by atoms with van der Waals surface area (Å²) < 4.78 is 0. The van der Waals surface area contributed by atoms with Gasteiger partial charge in [-0.15, -0.1) is 16.5 Å². The molecule has 1 atom stereocenters. The second-order valence-corrected chi connectivity index (χ2v) is 4.36. The van der Waals surface area contributed by atoms with Crippen LogP contribution < -0.4 is 11.1 Å². The molecule has 108 valence electrons. The quantitative estimate of drug-likeness (QED) is 0.464. The van der Waals surface area contributed by atoms with Crippen molar-refractivity contribution in [3.63, 3.8) is 0 Å². The predicted molar refractivity (Wildman–Crippen MR) is 74.9 cm³/mol. The van der Waals surface area contributed by atoms with Crippen LogP contribution in [0.5, 0.6) is 0 Å². The second kappa shape index (κ2) is 8.23. The van der Waals surface area contributed by atoms with Gasteiger partial charge in [-0.2, -0.15) is 5.01 Å². The van der Waals surface area contributed by atoms with Crippen LogP contribution >= 0.6 is 11.6 Å². The first kappa shape index (κ1) is 16.1. The van der Waals surface area contributed by atoms with Crippen LogP contribution in [-0.4, -0.2) is 35.4 Å². The van der Waals surface area contributed by atoms with Crippen LogP contribution in [0.2, 0.25) is 0 Å². The van der Waals surface area contributed by atoms with Crippen LogP contribution in [0.15, 0.2) is 35.6 Å². The van der Waals surface area contributed by atoms with E-state index in [2.05, 4.69) is 5.29 Å². The molecule has 0 aromatic heterocycles. The molecule has 1 rings (SSSR count).